The summed E-state index contributed by atoms with van der Waals surface area (Å²) in [7, 11) is 0. The monoisotopic (exact) mass is 225 g/mol. The van der Waals surface area contributed by atoms with Gasteiger partial charge in [0.25, 0.3) is 0 Å². The summed E-state index contributed by atoms with van der Waals surface area (Å²) in [6.45, 7) is 0. The van der Waals surface area contributed by atoms with Gasteiger partial charge in [-0.15, -0.1) is 0 Å². The van der Waals surface area contributed by atoms with Crippen LogP contribution >= 0.6 is 0 Å². The molecule has 0 bridgehead atoms. The molecule has 14 heavy (non-hydrogen) atoms. The van der Waals surface area contributed by atoms with E-state index in [-0.39, 0.29) is 35.9 Å². The average Bonchev–Trinajstić information content (AvgIpc) is 2.21. The van der Waals surface area contributed by atoms with Gasteiger partial charge in [-0.1, -0.05) is 60.7 Å². The van der Waals surface area contributed by atoms with Gasteiger partial charge in [0, 0.05) is 17.1 Å². The van der Waals surface area contributed by atoms with Crippen molar-refractivity contribution in [1.82, 2.24) is 0 Å². The first-order valence-electron chi connectivity index (χ1n) is 4.07. The fraction of sp³-hybridized carbons (Fsp3) is 0. The zero-order valence-corrected chi connectivity index (χ0v) is 8.02. The van der Waals surface area contributed by atoms with E-state index in [9.17, 15) is 0 Å². The molecule has 0 nitrogen and oxygen atoms in total. The predicted octanol–water partition coefficient (Wildman–Crippen LogP) is 2.70. The van der Waals surface area contributed by atoms with E-state index in [0.717, 1.165) is 0 Å². The molecule has 0 aliphatic rings. The molecule has 2 heteroatoms. The second kappa shape index (κ2) is 6.93. The van der Waals surface area contributed by atoms with Crippen molar-refractivity contribution in [3.8, 4) is 11.1 Å². The molecule has 71 valence electrons. The van der Waals surface area contributed by atoms with Crippen LogP contribution in [0.4, 0.5) is 0 Å². The molecule has 0 aliphatic heterocycles. The molecular formula is C12H11CuLi. The Bertz CT molecular complexity index is 308. The van der Waals surface area contributed by atoms with E-state index in [0.29, 0.717) is 0 Å². The molecule has 0 heterocycles. The van der Waals surface area contributed by atoms with Crippen LogP contribution in [0.25, 0.3) is 11.1 Å². The average molecular weight is 226 g/mol. The van der Waals surface area contributed by atoms with Gasteiger partial charge in [-0.2, -0.15) is 0 Å². The summed E-state index contributed by atoms with van der Waals surface area (Å²) in [4.78, 5) is 0. The van der Waals surface area contributed by atoms with E-state index in [1.54, 1.807) is 0 Å². The van der Waals surface area contributed by atoms with Crippen LogP contribution in [-0.2, 0) is 17.1 Å². The van der Waals surface area contributed by atoms with Crippen LogP contribution in [0.15, 0.2) is 60.7 Å². The molecule has 0 aromatic heterocycles. The third-order valence-corrected chi connectivity index (χ3v) is 1.88. The van der Waals surface area contributed by atoms with Crippen molar-refractivity contribution in [1.29, 1.82) is 0 Å². The van der Waals surface area contributed by atoms with E-state index in [1.165, 1.54) is 11.1 Å². The van der Waals surface area contributed by atoms with E-state index in [1.807, 2.05) is 12.1 Å². The number of hydrogen-bond acceptors (Lipinski definition) is 0. The number of rotatable bonds is 1. The summed E-state index contributed by atoms with van der Waals surface area (Å²) in [5.41, 5.74) is 2.55. The minimum absolute atomic E-state index is 0. The van der Waals surface area contributed by atoms with Gasteiger partial charge < -0.3 is 0 Å². The number of benzene rings is 2. The van der Waals surface area contributed by atoms with Crippen LogP contribution in [0.1, 0.15) is 0 Å². The van der Waals surface area contributed by atoms with Gasteiger partial charge in [-0.05, 0) is 11.1 Å². The van der Waals surface area contributed by atoms with Crippen molar-refractivity contribution in [2.24, 2.45) is 0 Å². The molecular weight excluding hydrogens is 215 g/mol. The SMILES string of the molecule is [Cu].[LiH].c1ccc(-c2ccccc2)cc1. The first kappa shape index (κ1) is 13.6. The summed E-state index contributed by atoms with van der Waals surface area (Å²) in [6, 6.07) is 20.8. The van der Waals surface area contributed by atoms with Crippen molar-refractivity contribution < 1.29 is 17.1 Å². The molecule has 0 unspecified atom stereocenters. The van der Waals surface area contributed by atoms with Crippen molar-refractivity contribution >= 4 is 18.9 Å². The van der Waals surface area contributed by atoms with Crippen molar-refractivity contribution in [2.75, 3.05) is 0 Å². The first-order valence-corrected chi connectivity index (χ1v) is 4.07. The molecule has 2 aromatic carbocycles. The molecule has 0 spiro atoms. The molecule has 0 atom stereocenters. The molecule has 0 fully saturated rings. The maximum atomic E-state index is 2.12. The maximum absolute atomic E-state index is 2.12. The van der Waals surface area contributed by atoms with Crippen LogP contribution in [0.2, 0.25) is 0 Å². The zero-order valence-electron chi connectivity index (χ0n) is 7.08. The first-order chi connectivity index (χ1) is 5.97. The Morgan fingerprint density at radius 2 is 0.786 bits per heavy atom. The van der Waals surface area contributed by atoms with Gasteiger partial charge in [0.05, 0.1) is 0 Å². The number of hydrogen-bond donors (Lipinski definition) is 0. The second-order valence-electron chi connectivity index (χ2n) is 2.73. The zero-order chi connectivity index (χ0) is 8.23. The molecule has 0 N–H and O–H groups in total. The van der Waals surface area contributed by atoms with Crippen LogP contribution in [0.3, 0.4) is 0 Å². The Labute approximate surface area is 107 Å². The van der Waals surface area contributed by atoms with E-state index >= 15 is 0 Å². The molecule has 0 aliphatic carbocycles. The smallest absolute Gasteiger partial charge is 0.0184 e. The van der Waals surface area contributed by atoms with Crippen LogP contribution in [-0.4, -0.2) is 18.9 Å². The second-order valence-corrected chi connectivity index (χ2v) is 2.73. The molecule has 0 amide bonds. The summed E-state index contributed by atoms with van der Waals surface area (Å²) in [5, 5.41) is 0. The van der Waals surface area contributed by atoms with Crippen molar-refractivity contribution in [2.45, 2.75) is 0 Å². The van der Waals surface area contributed by atoms with Crippen molar-refractivity contribution in [3.63, 3.8) is 0 Å². The van der Waals surface area contributed by atoms with Gasteiger partial charge in [-0.3, -0.25) is 0 Å². The Kier molecular flexibility index (Phi) is 6.71. The Morgan fingerprint density at radius 3 is 1.07 bits per heavy atom. The standard InChI is InChI=1S/C12H10.Cu.Li.H/c1-3-7-11(8-4-1)12-9-5-2-6-10-12;;;/h1-10H;;;. The predicted molar refractivity (Wildman–Crippen MR) is 59.0 cm³/mol. The Morgan fingerprint density at radius 1 is 0.500 bits per heavy atom. The summed E-state index contributed by atoms with van der Waals surface area (Å²) in [6.07, 6.45) is 0. The van der Waals surface area contributed by atoms with Gasteiger partial charge in [-0.25, -0.2) is 0 Å². The van der Waals surface area contributed by atoms with Crippen LogP contribution in [0, 0.1) is 0 Å². The largest absolute Gasteiger partial charge is 0.0622 e. The van der Waals surface area contributed by atoms with Gasteiger partial charge in [0.2, 0.25) is 0 Å². The Hall–Kier alpha value is -0.443. The van der Waals surface area contributed by atoms with E-state index in [2.05, 4.69) is 48.5 Å². The minimum atomic E-state index is 0. The minimum Gasteiger partial charge on any atom is -0.0622 e. The molecule has 2 rings (SSSR count). The van der Waals surface area contributed by atoms with Crippen molar-refractivity contribution in [3.05, 3.63) is 60.7 Å². The molecule has 2 aromatic rings. The van der Waals surface area contributed by atoms with Crippen LogP contribution in [0.5, 0.6) is 0 Å². The molecule has 0 saturated heterocycles. The topological polar surface area (TPSA) is 0 Å². The van der Waals surface area contributed by atoms with E-state index < -0.39 is 0 Å². The molecule has 0 saturated carbocycles. The van der Waals surface area contributed by atoms with Crippen LogP contribution < -0.4 is 0 Å². The maximum Gasteiger partial charge on any atom is -0.0184 e. The summed E-state index contributed by atoms with van der Waals surface area (Å²) >= 11 is 0. The summed E-state index contributed by atoms with van der Waals surface area (Å²) < 4.78 is 0. The fourth-order valence-electron chi connectivity index (χ4n) is 1.26. The van der Waals surface area contributed by atoms with Gasteiger partial charge >= 0.3 is 18.9 Å². The Balaban J connectivity index is 0.000000845. The summed E-state index contributed by atoms with van der Waals surface area (Å²) in [5.74, 6) is 0. The van der Waals surface area contributed by atoms with Gasteiger partial charge in [0.15, 0.2) is 0 Å². The quantitative estimate of drug-likeness (QED) is 0.655. The fourth-order valence-corrected chi connectivity index (χ4v) is 1.26. The van der Waals surface area contributed by atoms with Gasteiger partial charge in [0.1, 0.15) is 0 Å². The third-order valence-electron chi connectivity index (χ3n) is 1.88. The third kappa shape index (κ3) is 3.37. The van der Waals surface area contributed by atoms with E-state index in [4.69, 9.17) is 0 Å². The molecule has 1 radical (unpaired) electrons. The normalized spacial score (nSPS) is 8.29.